The van der Waals surface area contributed by atoms with Gasteiger partial charge in [0.2, 0.25) is 0 Å². The molecule has 0 aromatic heterocycles. The van der Waals surface area contributed by atoms with E-state index in [0.29, 0.717) is 6.04 Å². The van der Waals surface area contributed by atoms with Gasteiger partial charge in [0.05, 0.1) is 6.04 Å². The number of fused-ring (bicyclic) bond motifs is 1. The van der Waals surface area contributed by atoms with E-state index in [2.05, 4.69) is 16.4 Å². The summed E-state index contributed by atoms with van der Waals surface area (Å²) in [5, 5.41) is 4.31. The van der Waals surface area contributed by atoms with Crippen LogP contribution in [-0.2, 0) is 17.6 Å². The third kappa shape index (κ3) is 3.01. The maximum atomic E-state index is 11.0. The monoisotopic (exact) mass is 303 g/mol. The van der Waals surface area contributed by atoms with Crippen molar-refractivity contribution in [1.82, 2.24) is 10.2 Å². The number of hydrogen-bond donors (Lipinski definition) is 1. The molecule has 0 spiro atoms. The molecule has 21 heavy (non-hydrogen) atoms. The van der Waals surface area contributed by atoms with E-state index in [-0.39, 0.29) is 12.3 Å². The topological polar surface area (TPSA) is 44.7 Å². The highest BCUT2D eigenvalue weighted by Gasteiger charge is 2.27. The highest BCUT2D eigenvalue weighted by atomic mass is 35.5. The third-order valence-electron chi connectivity index (χ3n) is 4.01. The van der Waals surface area contributed by atoms with Crippen molar-refractivity contribution in [1.29, 1.82) is 0 Å². The molecular formula is C16H18ClN3O. The first-order valence-electron chi connectivity index (χ1n) is 7.13. The van der Waals surface area contributed by atoms with Crippen LogP contribution in [0.25, 0.3) is 0 Å². The molecule has 0 bridgehead atoms. The van der Waals surface area contributed by atoms with Crippen LogP contribution >= 0.6 is 11.6 Å². The van der Waals surface area contributed by atoms with Crippen LogP contribution in [0.5, 0.6) is 0 Å². The lowest BCUT2D eigenvalue weighted by Crippen LogP contribution is -2.51. The Hall–Kier alpha value is -1.65. The van der Waals surface area contributed by atoms with Crippen LogP contribution in [0, 0.1) is 0 Å². The van der Waals surface area contributed by atoms with E-state index in [4.69, 9.17) is 11.6 Å². The number of carbonyl (C=O) groups is 1. The first kappa shape index (κ1) is 14.3. The fourth-order valence-electron chi connectivity index (χ4n) is 2.90. The quantitative estimate of drug-likeness (QED) is 0.867. The van der Waals surface area contributed by atoms with Gasteiger partial charge < -0.3 is 9.69 Å². The van der Waals surface area contributed by atoms with Gasteiger partial charge in [0.1, 0.15) is 6.29 Å². The molecular weight excluding hydrogens is 286 g/mol. The Morgan fingerprint density at radius 3 is 3.05 bits per heavy atom. The maximum absolute atomic E-state index is 11.0. The van der Waals surface area contributed by atoms with Gasteiger partial charge in [-0.1, -0.05) is 17.7 Å². The second-order valence-corrected chi connectivity index (χ2v) is 5.96. The minimum atomic E-state index is -0.200. The van der Waals surface area contributed by atoms with Crippen molar-refractivity contribution in [2.45, 2.75) is 38.1 Å². The lowest BCUT2D eigenvalue weighted by Gasteiger charge is -2.34. The zero-order chi connectivity index (χ0) is 14.8. The smallest absolute Gasteiger partial charge is 0.176 e. The summed E-state index contributed by atoms with van der Waals surface area (Å²) in [5.74, 6) is 0. The van der Waals surface area contributed by atoms with Crippen LogP contribution in [0.4, 0.5) is 0 Å². The normalized spacial score (nSPS) is 25.0. The minimum Gasteiger partial charge on any atom is -0.335 e. The molecule has 0 amide bonds. The molecule has 0 fully saturated rings. The lowest BCUT2D eigenvalue weighted by atomic mass is 10.1. The Bertz CT molecular complexity index is 599. The van der Waals surface area contributed by atoms with Crippen molar-refractivity contribution < 1.29 is 4.79 Å². The van der Waals surface area contributed by atoms with E-state index < -0.39 is 0 Å². The lowest BCUT2D eigenvalue weighted by molar-refractivity contribution is -0.112. The second-order valence-electron chi connectivity index (χ2n) is 5.52. The number of allylic oxidation sites excluding steroid dienone is 1. The molecule has 1 heterocycles. The number of nitrogens with zero attached hydrogens (tertiary/aromatic N) is 2. The van der Waals surface area contributed by atoms with Crippen molar-refractivity contribution in [3.8, 4) is 0 Å². The van der Waals surface area contributed by atoms with E-state index in [1.165, 1.54) is 11.1 Å². The average Bonchev–Trinajstić information content (AvgIpc) is 2.88. The standard InChI is InChI=1S/C16H18ClN3O/c1-11(10-21)20-6-2-5-18-16(20)19-15-8-12-3-4-14(17)7-13(12)9-15/h2-7,10-11,15-16,19H,8-9H2,1H3. The van der Waals surface area contributed by atoms with Crippen molar-refractivity contribution in [2.75, 3.05) is 0 Å². The summed E-state index contributed by atoms with van der Waals surface area (Å²) in [5.41, 5.74) is 2.63. The van der Waals surface area contributed by atoms with Gasteiger partial charge in [0.15, 0.2) is 6.29 Å². The molecule has 110 valence electrons. The summed E-state index contributed by atoms with van der Waals surface area (Å²) >= 11 is 6.05. The molecule has 5 heteroatoms. The first-order chi connectivity index (χ1) is 10.2. The number of rotatable bonds is 4. The van der Waals surface area contributed by atoms with E-state index in [0.717, 1.165) is 24.2 Å². The van der Waals surface area contributed by atoms with Gasteiger partial charge in [0.25, 0.3) is 0 Å². The zero-order valence-corrected chi connectivity index (χ0v) is 12.6. The summed E-state index contributed by atoms with van der Waals surface area (Å²) in [6, 6.07) is 6.18. The Morgan fingerprint density at radius 1 is 1.43 bits per heavy atom. The van der Waals surface area contributed by atoms with Crippen LogP contribution in [0.3, 0.4) is 0 Å². The van der Waals surface area contributed by atoms with Crippen LogP contribution in [0.2, 0.25) is 5.02 Å². The van der Waals surface area contributed by atoms with Crippen LogP contribution in [-0.4, -0.2) is 35.8 Å². The molecule has 0 radical (unpaired) electrons. The third-order valence-corrected chi connectivity index (χ3v) is 4.24. The summed E-state index contributed by atoms with van der Waals surface area (Å²) < 4.78 is 0. The summed E-state index contributed by atoms with van der Waals surface area (Å²) in [6.07, 6.45) is 8.17. The molecule has 3 rings (SSSR count). The largest absolute Gasteiger partial charge is 0.335 e. The summed E-state index contributed by atoms with van der Waals surface area (Å²) in [6.45, 7) is 1.87. The molecule has 4 nitrogen and oxygen atoms in total. The highest BCUT2D eigenvalue weighted by Crippen LogP contribution is 2.26. The Morgan fingerprint density at radius 2 is 2.24 bits per heavy atom. The molecule has 0 saturated carbocycles. The van der Waals surface area contributed by atoms with E-state index in [9.17, 15) is 4.79 Å². The number of halogens is 1. The predicted molar refractivity (Wildman–Crippen MR) is 84.6 cm³/mol. The SMILES string of the molecule is CC(C=O)N1C=CC=NC1NC1Cc2ccc(Cl)cc2C1. The van der Waals surface area contributed by atoms with Crippen molar-refractivity contribution in [3.05, 3.63) is 46.6 Å². The van der Waals surface area contributed by atoms with Crippen molar-refractivity contribution >= 4 is 24.1 Å². The summed E-state index contributed by atoms with van der Waals surface area (Å²) in [4.78, 5) is 17.4. The average molecular weight is 304 g/mol. The number of nitrogens with one attached hydrogen (secondary N) is 1. The van der Waals surface area contributed by atoms with Gasteiger partial charge in [-0.05, 0) is 49.1 Å². The fraction of sp³-hybridized carbons (Fsp3) is 0.375. The first-order valence-corrected chi connectivity index (χ1v) is 7.51. The molecule has 1 aromatic rings. The van der Waals surface area contributed by atoms with E-state index in [1.54, 1.807) is 6.21 Å². The Labute approximate surface area is 129 Å². The van der Waals surface area contributed by atoms with Gasteiger partial charge >= 0.3 is 0 Å². The molecule has 3 unspecified atom stereocenters. The highest BCUT2D eigenvalue weighted by molar-refractivity contribution is 6.30. The molecule has 3 atom stereocenters. The fourth-order valence-corrected chi connectivity index (χ4v) is 3.10. The van der Waals surface area contributed by atoms with Crippen molar-refractivity contribution in [3.63, 3.8) is 0 Å². The molecule has 1 aromatic carbocycles. The number of benzene rings is 1. The predicted octanol–water partition coefficient (Wildman–Crippen LogP) is 2.17. The van der Waals surface area contributed by atoms with E-state index in [1.807, 2.05) is 36.2 Å². The Balaban J connectivity index is 1.69. The maximum Gasteiger partial charge on any atom is 0.176 e. The van der Waals surface area contributed by atoms with Gasteiger partial charge in [-0.25, -0.2) is 0 Å². The van der Waals surface area contributed by atoms with Crippen molar-refractivity contribution in [2.24, 2.45) is 4.99 Å². The number of aldehydes is 1. The second kappa shape index (κ2) is 6.00. The molecule has 1 aliphatic heterocycles. The molecule has 1 aliphatic carbocycles. The molecule has 1 N–H and O–H groups in total. The summed E-state index contributed by atoms with van der Waals surface area (Å²) in [7, 11) is 0. The van der Waals surface area contributed by atoms with Gasteiger partial charge in [-0.3, -0.25) is 10.3 Å². The Kier molecular flexibility index (Phi) is 4.08. The number of hydrogen-bond acceptors (Lipinski definition) is 4. The zero-order valence-electron chi connectivity index (χ0n) is 11.9. The van der Waals surface area contributed by atoms with Gasteiger partial charge in [-0.15, -0.1) is 0 Å². The minimum absolute atomic E-state index is 0.190. The van der Waals surface area contributed by atoms with Crippen LogP contribution in [0.15, 0.2) is 35.5 Å². The molecule has 0 saturated heterocycles. The number of carbonyl (C=O) groups excluding carboxylic acids is 1. The molecule has 2 aliphatic rings. The van der Waals surface area contributed by atoms with Gasteiger partial charge in [0, 0.05) is 23.5 Å². The van der Waals surface area contributed by atoms with E-state index >= 15 is 0 Å². The van der Waals surface area contributed by atoms with Crippen LogP contribution < -0.4 is 5.32 Å². The van der Waals surface area contributed by atoms with Gasteiger partial charge in [-0.2, -0.15) is 0 Å². The number of aliphatic imine (C=N–C) groups is 1. The van der Waals surface area contributed by atoms with Crippen LogP contribution in [0.1, 0.15) is 18.1 Å².